The lowest BCUT2D eigenvalue weighted by Crippen LogP contribution is -2.40. The zero-order valence-corrected chi connectivity index (χ0v) is 11.5. The van der Waals surface area contributed by atoms with Crippen molar-refractivity contribution in [3.63, 3.8) is 0 Å². The van der Waals surface area contributed by atoms with E-state index in [-0.39, 0.29) is 17.3 Å². The van der Waals surface area contributed by atoms with E-state index in [1.807, 2.05) is 0 Å². The maximum Gasteiger partial charge on any atom is 0.313 e. The van der Waals surface area contributed by atoms with Crippen molar-refractivity contribution in [2.45, 2.75) is 38.1 Å². The summed E-state index contributed by atoms with van der Waals surface area (Å²) in [6, 6.07) is 0.407. The number of carbonyl (C=O) groups excluding carboxylic acids is 2. The topological polar surface area (TPSA) is 58.6 Å². The molecule has 0 radical (unpaired) electrons. The Morgan fingerprint density at radius 2 is 2.16 bits per heavy atom. The monoisotopic (exact) mass is 266 g/mol. The number of methoxy groups -OCH3 is 1. The van der Waals surface area contributed by atoms with Gasteiger partial charge in [0.1, 0.15) is 0 Å². The van der Waals surface area contributed by atoms with Crippen LogP contribution in [0.5, 0.6) is 0 Å². The predicted molar refractivity (Wildman–Crippen MR) is 69.4 cm³/mol. The van der Waals surface area contributed by atoms with Crippen LogP contribution < -0.4 is 5.32 Å². The molecule has 0 bridgehead atoms. The number of nitrogens with zero attached hydrogens (tertiary/aromatic N) is 1. The van der Waals surface area contributed by atoms with Crippen LogP contribution in [0.25, 0.3) is 0 Å². The van der Waals surface area contributed by atoms with Gasteiger partial charge in [-0.05, 0) is 31.6 Å². The third-order valence-electron chi connectivity index (χ3n) is 4.84. The maximum absolute atomic E-state index is 12.1. The van der Waals surface area contributed by atoms with Gasteiger partial charge in [0.2, 0.25) is 5.91 Å². The number of nitrogens with one attached hydrogen (secondary N) is 1. The van der Waals surface area contributed by atoms with Crippen LogP contribution in [0.1, 0.15) is 32.1 Å². The van der Waals surface area contributed by atoms with Gasteiger partial charge in [-0.2, -0.15) is 0 Å². The normalized spacial score (nSPS) is 34.1. The molecule has 3 rings (SSSR count). The SMILES string of the molecule is COC(=O)[C@]12CCC[C@@H]1CN(CC(=O)NC1CC1)C2. The fourth-order valence-corrected chi connectivity index (χ4v) is 3.75. The first-order valence-electron chi connectivity index (χ1n) is 7.24. The highest BCUT2D eigenvalue weighted by Gasteiger charge is 2.55. The zero-order chi connectivity index (χ0) is 13.5. The highest BCUT2D eigenvalue weighted by atomic mass is 16.5. The molecule has 19 heavy (non-hydrogen) atoms. The molecule has 3 fully saturated rings. The molecule has 1 amide bonds. The van der Waals surface area contributed by atoms with E-state index in [9.17, 15) is 9.59 Å². The summed E-state index contributed by atoms with van der Waals surface area (Å²) in [6.45, 7) is 1.96. The zero-order valence-electron chi connectivity index (χ0n) is 11.5. The van der Waals surface area contributed by atoms with Crippen LogP contribution in [0, 0.1) is 11.3 Å². The van der Waals surface area contributed by atoms with Crippen LogP contribution in [0.4, 0.5) is 0 Å². The molecule has 1 N–H and O–H groups in total. The molecular formula is C14H22N2O3. The molecule has 3 aliphatic rings. The second-order valence-electron chi connectivity index (χ2n) is 6.25. The van der Waals surface area contributed by atoms with Crippen LogP contribution in [0.3, 0.4) is 0 Å². The number of carbonyl (C=O) groups is 2. The summed E-state index contributed by atoms with van der Waals surface area (Å²) >= 11 is 0. The van der Waals surface area contributed by atoms with E-state index >= 15 is 0 Å². The second kappa shape index (κ2) is 4.78. The minimum Gasteiger partial charge on any atom is -0.469 e. The van der Waals surface area contributed by atoms with Crippen molar-refractivity contribution in [3.8, 4) is 0 Å². The number of rotatable bonds is 4. The second-order valence-corrected chi connectivity index (χ2v) is 6.25. The summed E-state index contributed by atoms with van der Waals surface area (Å²) < 4.78 is 5.00. The summed E-state index contributed by atoms with van der Waals surface area (Å²) in [4.78, 5) is 26.1. The van der Waals surface area contributed by atoms with Gasteiger partial charge in [0.05, 0.1) is 19.1 Å². The smallest absolute Gasteiger partial charge is 0.313 e. The molecule has 2 saturated carbocycles. The number of fused-ring (bicyclic) bond motifs is 1. The molecule has 106 valence electrons. The molecule has 0 unspecified atom stereocenters. The van der Waals surface area contributed by atoms with Gasteiger partial charge in [-0.25, -0.2) is 0 Å². The van der Waals surface area contributed by atoms with Crippen molar-refractivity contribution >= 4 is 11.9 Å². The van der Waals surface area contributed by atoms with Crippen LogP contribution >= 0.6 is 0 Å². The fraction of sp³-hybridized carbons (Fsp3) is 0.857. The molecule has 0 aromatic heterocycles. The number of esters is 1. The van der Waals surface area contributed by atoms with Gasteiger partial charge in [0.15, 0.2) is 0 Å². The largest absolute Gasteiger partial charge is 0.469 e. The number of likely N-dealkylation sites (tertiary alicyclic amines) is 1. The van der Waals surface area contributed by atoms with Crippen LogP contribution in [-0.4, -0.2) is 49.6 Å². The average Bonchev–Trinajstić information content (AvgIpc) is 2.97. The first-order chi connectivity index (χ1) is 9.14. The Kier molecular flexibility index (Phi) is 3.25. The van der Waals surface area contributed by atoms with Crippen LogP contribution in [-0.2, 0) is 14.3 Å². The number of hydrogen-bond donors (Lipinski definition) is 1. The minimum absolute atomic E-state index is 0.0832. The standard InChI is InChI=1S/C14H22N2O3/c1-19-13(18)14-6-2-3-10(14)7-16(9-14)8-12(17)15-11-4-5-11/h10-11H,2-9H2,1H3,(H,15,17)/t10-,14+/m1/s1. The quantitative estimate of drug-likeness (QED) is 0.755. The Balaban J connectivity index is 1.61. The first-order valence-corrected chi connectivity index (χ1v) is 7.24. The number of ether oxygens (including phenoxy) is 1. The predicted octanol–water partition coefficient (Wildman–Crippen LogP) is 0.540. The molecule has 5 nitrogen and oxygen atoms in total. The summed E-state index contributed by atoms with van der Waals surface area (Å²) in [5, 5.41) is 3.01. The maximum atomic E-state index is 12.1. The molecular weight excluding hydrogens is 244 g/mol. The van der Waals surface area contributed by atoms with Crippen molar-refractivity contribution in [2.24, 2.45) is 11.3 Å². The Bertz CT molecular complexity index is 394. The lowest BCUT2D eigenvalue weighted by Gasteiger charge is -2.25. The Labute approximate surface area is 113 Å². The third-order valence-corrected chi connectivity index (χ3v) is 4.84. The van der Waals surface area contributed by atoms with Crippen molar-refractivity contribution < 1.29 is 14.3 Å². The fourth-order valence-electron chi connectivity index (χ4n) is 3.75. The molecule has 1 saturated heterocycles. The average molecular weight is 266 g/mol. The first kappa shape index (κ1) is 12.9. The molecule has 2 atom stereocenters. The summed E-state index contributed by atoms with van der Waals surface area (Å²) in [6.07, 6.45) is 5.31. The summed E-state index contributed by atoms with van der Waals surface area (Å²) in [5.41, 5.74) is -0.339. The van der Waals surface area contributed by atoms with Gasteiger partial charge in [0, 0.05) is 19.1 Å². The van der Waals surface area contributed by atoms with Crippen LogP contribution in [0.2, 0.25) is 0 Å². The van der Waals surface area contributed by atoms with E-state index in [1.165, 1.54) is 7.11 Å². The summed E-state index contributed by atoms with van der Waals surface area (Å²) in [7, 11) is 1.47. The highest BCUT2D eigenvalue weighted by Crippen LogP contribution is 2.49. The highest BCUT2D eigenvalue weighted by molar-refractivity contribution is 5.80. The van der Waals surface area contributed by atoms with Crippen LogP contribution in [0.15, 0.2) is 0 Å². The Morgan fingerprint density at radius 3 is 2.84 bits per heavy atom. The molecule has 0 spiro atoms. The summed E-state index contributed by atoms with van der Waals surface area (Å²) in [5.74, 6) is 0.385. The van der Waals surface area contributed by atoms with Gasteiger partial charge >= 0.3 is 5.97 Å². The van der Waals surface area contributed by atoms with E-state index < -0.39 is 0 Å². The molecule has 1 aliphatic heterocycles. The third kappa shape index (κ3) is 2.36. The van der Waals surface area contributed by atoms with Crippen molar-refractivity contribution in [3.05, 3.63) is 0 Å². The van der Waals surface area contributed by atoms with Gasteiger partial charge in [-0.1, -0.05) is 6.42 Å². The van der Waals surface area contributed by atoms with Gasteiger partial charge < -0.3 is 10.1 Å². The van der Waals surface area contributed by atoms with E-state index in [1.54, 1.807) is 0 Å². The molecule has 1 heterocycles. The number of amides is 1. The molecule has 0 aromatic rings. The van der Waals surface area contributed by atoms with Gasteiger partial charge in [-0.3, -0.25) is 14.5 Å². The van der Waals surface area contributed by atoms with Crippen molar-refractivity contribution in [1.82, 2.24) is 10.2 Å². The van der Waals surface area contributed by atoms with Gasteiger partial charge in [-0.15, -0.1) is 0 Å². The molecule has 2 aliphatic carbocycles. The van der Waals surface area contributed by atoms with E-state index in [2.05, 4.69) is 10.2 Å². The van der Waals surface area contributed by atoms with E-state index in [0.717, 1.165) is 38.6 Å². The molecule has 5 heteroatoms. The van der Waals surface area contributed by atoms with E-state index in [0.29, 0.717) is 25.0 Å². The van der Waals surface area contributed by atoms with E-state index in [4.69, 9.17) is 4.74 Å². The van der Waals surface area contributed by atoms with Crippen molar-refractivity contribution in [2.75, 3.05) is 26.7 Å². The lowest BCUT2D eigenvalue weighted by molar-refractivity contribution is -0.153. The number of hydrogen-bond acceptors (Lipinski definition) is 4. The van der Waals surface area contributed by atoms with Crippen molar-refractivity contribution in [1.29, 1.82) is 0 Å². The van der Waals surface area contributed by atoms with Gasteiger partial charge in [0.25, 0.3) is 0 Å². The Morgan fingerprint density at radius 1 is 1.37 bits per heavy atom. The molecule has 0 aromatic carbocycles. The lowest BCUT2D eigenvalue weighted by atomic mass is 9.81. The minimum atomic E-state index is -0.339. The Hall–Kier alpha value is -1.10.